The summed E-state index contributed by atoms with van der Waals surface area (Å²) in [5.41, 5.74) is 3.10. The minimum atomic E-state index is -0.0103. The minimum absolute atomic E-state index is 0.0103. The number of hydrogen-bond acceptors (Lipinski definition) is 3. The van der Waals surface area contributed by atoms with Gasteiger partial charge in [0.05, 0.1) is 13.5 Å². The molecule has 0 N–H and O–H groups in total. The molecule has 2 amide bonds. The molecule has 1 aliphatic heterocycles. The van der Waals surface area contributed by atoms with Gasteiger partial charge in [-0.2, -0.15) is 0 Å². The molecule has 1 aliphatic rings. The van der Waals surface area contributed by atoms with Crippen molar-refractivity contribution in [3.63, 3.8) is 0 Å². The smallest absolute Gasteiger partial charge is 0.227 e. The number of rotatable bonds is 4. The van der Waals surface area contributed by atoms with E-state index >= 15 is 0 Å². The lowest BCUT2D eigenvalue weighted by atomic mass is 9.91. The maximum Gasteiger partial charge on any atom is 0.227 e. The van der Waals surface area contributed by atoms with Crippen molar-refractivity contribution in [2.45, 2.75) is 47.5 Å². The van der Waals surface area contributed by atoms with Crippen LogP contribution in [0.5, 0.6) is 5.75 Å². The van der Waals surface area contributed by atoms with Crippen molar-refractivity contribution in [3.8, 4) is 5.75 Å². The fourth-order valence-electron chi connectivity index (χ4n) is 3.51. The van der Waals surface area contributed by atoms with Crippen LogP contribution in [0.2, 0.25) is 0 Å². The highest BCUT2D eigenvalue weighted by Crippen LogP contribution is 2.26. The van der Waals surface area contributed by atoms with E-state index in [1.165, 1.54) is 0 Å². The zero-order valence-electron chi connectivity index (χ0n) is 17.0. The van der Waals surface area contributed by atoms with Gasteiger partial charge in [-0.15, -0.1) is 0 Å². The van der Waals surface area contributed by atoms with Crippen LogP contribution >= 0.6 is 0 Å². The number of methoxy groups -OCH3 is 1. The summed E-state index contributed by atoms with van der Waals surface area (Å²) in [5, 5.41) is 0. The lowest BCUT2D eigenvalue weighted by Crippen LogP contribution is -2.51. The van der Waals surface area contributed by atoms with Gasteiger partial charge in [-0.1, -0.05) is 38.5 Å². The molecule has 0 spiro atoms. The van der Waals surface area contributed by atoms with E-state index in [4.69, 9.17) is 4.74 Å². The Morgan fingerprint density at radius 1 is 1.00 bits per heavy atom. The average Bonchev–Trinajstić information content (AvgIpc) is 2.53. The number of piperazine rings is 1. The van der Waals surface area contributed by atoms with Gasteiger partial charge in [0.25, 0.3) is 0 Å². The number of amides is 2. The van der Waals surface area contributed by atoms with Gasteiger partial charge in [-0.25, -0.2) is 0 Å². The Morgan fingerprint density at radius 3 is 2.04 bits per heavy atom. The van der Waals surface area contributed by atoms with Crippen LogP contribution in [0.3, 0.4) is 0 Å². The molecular formula is C21H32N2O3. The van der Waals surface area contributed by atoms with Gasteiger partial charge < -0.3 is 14.5 Å². The van der Waals surface area contributed by atoms with E-state index in [-0.39, 0.29) is 17.2 Å². The van der Waals surface area contributed by atoms with Crippen molar-refractivity contribution in [1.82, 2.24) is 9.80 Å². The Kier molecular flexibility index (Phi) is 6.32. The molecule has 0 unspecified atom stereocenters. The molecule has 0 aliphatic carbocycles. The third kappa shape index (κ3) is 5.23. The predicted molar refractivity (Wildman–Crippen MR) is 103 cm³/mol. The summed E-state index contributed by atoms with van der Waals surface area (Å²) in [5.74, 6) is 1.07. The SMILES string of the molecule is COc1c(C)cc(C)cc1CC(=O)N1CCN(C(=O)CC(C)(C)C)CC1. The van der Waals surface area contributed by atoms with Crippen LogP contribution < -0.4 is 4.74 Å². The third-order valence-corrected chi connectivity index (χ3v) is 4.71. The first-order valence-corrected chi connectivity index (χ1v) is 9.30. The summed E-state index contributed by atoms with van der Waals surface area (Å²) < 4.78 is 5.49. The van der Waals surface area contributed by atoms with Gasteiger partial charge in [0.15, 0.2) is 0 Å². The summed E-state index contributed by atoms with van der Waals surface area (Å²) in [7, 11) is 1.64. The number of nitrogens with zero attached hydrogens (tertiary/aromatic N) is 2. The minimum Gasteiger partial charge on any atom is -0.496 e. The van der Waals surface area contributed by atoms with Crippen molar-refractivity contribution in [2.75, 3.05) is 33.3 Å². The Balaban J connectivity index is 1.96. The van der Waals surface area contributed by atoms with E-state index in [1.807, 2.05) is 29.7 Å². The molecular weight excluding hydrogens is 328 g/mol. The van der Waals surface area contributed by atoms with Crippen LogP contribution in [0.15, 0.2) is 12.1 Å². The molecule has 0 atom stereocenters. The zero-order chi connectivity index (χ0) is 19.5. The Morgan fingerprint density at radius 2 is 1.54 bits per heavy atom. The van der Waals surface area contributed by atoms with Crippen LogP contribution in [0, 0.1) is 19.3 Å². The molecule has 1 fully saturated rings. The standard InChI is InChI=1S/C21H32N2O3/c1-15-11-16(2)20(26-6)17(12-15)13-18(24)22-7-9-23(10-8-22)19(25)14-21(3,4)5/h11-12H,7-10,13-14H2,1-6H3. The van der Waals surface area contributed by atoms with E-state index in [1.54, 1.807) is 7.11 Å². The predicted octanol–water partition coefficient (Wildman–Crippen LogP) is 2.96. The van der Waals surface area contributed by atoms with E-state index < -0.39 is 0 Å². The molecule has 26 heavy (non-hydrogen) atoms. The monoisotopic (exact) mass is 360 g/mol. The van der Waals surface area contributed by atoms with E-state index in [0.29, 0.717) is 39.0 Å². The van der Waals surface area contributed by atoms with E-state index in [2.05, 4.69) is 26.8 Å². The first-order valence-electron chi connectivity index (χ1n) is 9.30. The number of benzene rings is 1. The molecule has 144 valence electrons. The van der Waals surface area contributed by atoms with Gasteiger partial charge in [-0.3, -0.25) is 9.59 Å². The molecule has 0 radical (unpaired) electrons. The molecule has 1 saturated heterocycles. The second-order valence-corrected chi connectivity index (χ2v) is 8.45. The quantitative estimate of drug-likeness (QED) is 0.829. The summed E-state index contributed by atoms with van der Waals surface area (Å²) in [6.07, 6.45) is 0.877. The van der Waals surface area contributed by atoms with Crippen molar-refractivity contribution in [1.29, 1.82) is 0 Å². The second-order valence-electron chi connectivity index (χ2n) is 8.45. The van der Waals surface area contributed by atoms with Crippen LogP contribution in [0.4, 0.5) is 0 Å². The van der Waals surface area contributed by atoms with Gasteiger partial charge in [0, 0.05) is 38.2 Å². The largest absolute Gasteiger partial charge is 0.496 e. The van der Waals surface area contributed by atoms with Gasteiger partial charge in [0.2, 0.25) is 11.8 Å². The molecule has 1 heterocycles. The van der Waals surface area contributed by atoms with Crippen LogP contribution in [-0.4, -0.2) is 54.9 Å². The summed E-state index contributed by atoms with van der Waals surface area (Å²) >= 11 is 0. The fraction of sp³-hybridized carbons (Fsp3) is 0.619. The molecule has 5 nitrogen and oxygen atoms in total. The normalized spacial score (nSPS) is 15.2. The van der Waals surface area contributed by atoms with Crippen LogP contribution in [0.1, 0.15) is 43.9 Å². The van der Waals surface area contributed by atoms with Gasteiger partial charge in [-0.05, 0) is 24.8 Å². The number of carbonyl (C=O) groups excluding carboxylic acids is 2. The summed E-state index contributed by atoms with van der Waals surface area (Å²) in [6, 6.07) is 4.08. The van der Waals surface area contributed by atoms with Crippen LogP contribution in [-0.2, 0) is 16.0 Å². The van der Waals surface area contributed by atoms with Crippen molar-refractivity contribution in [3.05, 3.63) is 28.8 Å². The van der Waals surface area contributed by atoms with Gasteiger partial charge >= 0.3 is 0 Å². The topological polar surface area (TPSA) is 49.9 Å². The summed E-state index contributed by atoms with van der Waals surface area (Å²) in [6.45, 7) is 12.7. The highest BCUT2D eigenvalue weighted by molar-refractivity contribution is 5.81. The highest BCUT2D eigenvalue weighted by atomic mass is 16.5. The third-order valence-electron chi connectivity index (χ3n) is 4.71. The molecule has 0 bridgehead atoms. The van der Waals surface area contributed by atoms with Crippen molar-refractivity contribution >= 4 is 11.8 Å². The second kappa shape index (κ2) is 8.11. The Labute approximate surface area is 157 Å². The van der Waals surface area contributed by atoms with Crippen molar-refractivity contribution in [2.24, 2.45) is 5.41 Å². The van der Waals surface area contributed by atoms with E-state index in [0.717, 1.165) is 22.4 Å². The van der Waals surface area contributed by atoms with Crippen molar-refractivity contribution < 1.29 is 14.3 Å². The molecule has 2 rings (SSSR count). The fourth-order valence-corrected chi connectivity index (χ4v) is 3.51. The zero-order valence-corrected chi connectivity index (χ0v) is 17.0. The summed E-state index contributed by atoms with van der Waals surface area (Å²) in [4.78, 5) is 28.8. The average molecular weight is 360 g/mol. The lowest BCUT2D eigenvalue weighted by molar-refractivity contribution is -0.140. The first-order chi connectivity index (χ1) is 12.1. The molecule has 1 aromatic carbocycles. The van der Waals surface area contributed by atoms with Crippen LogP contribution in [0.25, 0.3) is 0 Å². The maximum atomic E-state index is 12.7. The van der Waals surface area contributed by atoms with Gasteiger partial charge in [0.1, 0.15) is 5.75 Å². The first kappa shape index (κ1) is 20.3. The number of hydrogen-bond donors (Lipinski definition) is 0. The Hall–Kier alpha value is -2.04. The number of ether oxygens (including phenoxy) is 1. The molecule has 0 aromatic heterocycles. The maximum absolute atomic E-state index is 12.7. The number of aryl methyl sites for hydroxylation is 2. The molecule has 5 heteroatoms. The highest BCUT2D eigenvalue weighted by Gasteiger charge is 2.27. The molecule has 0 saturated carbocycles. The number of carbonyl (C=O) groups is 2. The lowest BCUT2D eigenvalue weighted by Gasteiger charge is -2.36. The Bertz CT molecular complexity index is 669. The molecule has 1 aromatic rings. The van der Waals surface area contributed by atoms with E-state index in [9.17, 15) is 9.59 Å².